The van der Waals surface area contributed by atoms with E-state index in [1.165, 1.54) is 26.9 Å². The van der Waals surface area contributed by atoms with Crippen molar-refractivity contribution in [1.82, 2.24) is 0 Å². The van der Waals surface area contributed by atoms with Gasteiger partial charge in [0.1, 0.15) is 0 Å². The molecule has 0 fully saturated rings. The van der Waals surface area contributed by atoms with Crippen LogP contribution in [0, 0.1) is 0 Å². The first-order valence-corrected chi connectivity index (χ1v) is 14.3. The Morgan fingerprint density at radius 3 is 1.57 bits per heavy atom. The summed E-state index contributed by atoms with van der Waals surface area (Å²) in [5.41, 5.74) is 2.01. The Morgan fingerprint density at radius 1 is 0.286 bits per heavy atom. The molecule has 42 heavy (non-hydrogen) atoms. The lowest BCUT2D eigenvalue weighted by molar-refractivity contribution is 1.63. The van der Waals surface area contributed by atoms with Crippen LogP contribution in [0.3, 0.4) is 0 Å². The second-order valence-electron chi connectivity index (χ2n) is 11.0. The molecule has 0 amide bonds. The van der Waals surface area contributed by atoms with Gasteiger partial charge in [-0.05, 0) is 105 Å². The highest BCUT2D eigenvalue weighted by atomic mass is 14.1. The van der Waals surface area contributed by atoms with Crippen molar-refractivity contribution in [2.45, 2.75) is 0 Å². The molecule has 194 valence electrons. The second kappa shape index (κ2) is 9.03. The van der Waals surface area contributed by atoms with E-state index < -0.39 is 0 Å². The fourth-order valence-corrected chi connectivity index (χ4v) is 6.57. The molecule has 0 bridgehead atoms. The van der Waals surface area contributed by atoms with Crippen LogP contribution in [0.2, 0.25) is 0 Å². The molecule has 9 aromatic rings. The van der Waals surface area contributed by atoms with Crippen LogP contribution in [0.5, 0.6) is 0 Å². The maximum atomic E-state index is 9.16. The van der Waals surface area contributed by atoms with Gasteiger partial charge in [-0.3, -0.25) is 0 Å². The summed E-state index contributed by atoms with van der Waals surface area (Å²) >= 11 is 0. The first-order chi connectivity index (χ1) is 22.5. The van der Waals surface area contributed by atoms with Crippen LogP contribution in [-0.2, 0) is 0 Å². The molecule has 0 aliphatic heterocycles. The molecule has 0 saturated carbocycles. The highest BCUT2D eigenvalue weighted by Crippen LogP contribution is 2.37. The molecule has 0 nitrogen and oxygen atoms in total. The van der Waals surface area contributed by atoms with Gasteiger partial charge in [0.2, 0.25) is 0 Å². The molecule has 0 unspecified atom stereocenters. The lowest BCUT2D eigenvalue weighted by Gasteiger charge is -2.12. The Morgan fingerprint density at radius 2 is 0.786 bits per heavy atom. The Hall–Kier alpha value is -5.46. The van der Waals surface area contributed by atoms with E-state index in [4.69, 9.17) is 5.48 Å². The molecule has 0 aliphatic rings. The molecule has 0 N–H and O–H groups in total. The van der Waals surface area contributed by atoms with E-state index >= 15 is 0 Å². The highest BCUT2D eigenvalue weighted by Gasteiger charge is 2.10. The predicted molar refractivity (Wildman–Crippen MR) is 182 cm³/mol. The number of hydrogen-bond acceptors (Lipinski definition) is 0. The molecule has 0 heterocycles. The Kier molecular flexibility index (Phi) is 4.21. The zero-order chi connectivity index (χ0) is 31.1. The van der Waals surface area contributed by atoms with E-state index in [2.05, 4.69) is 84.9 Å². The van der Waals surface area contributed by atoms with Crippen LogP contribution in [0.1, 0.15) is 5.48 Å². The van der Waals surface area contributed by atoms with Crippen LogP contribution in [0.25, 0.3) is 86.9 Å². The summed E-state index contributed by atoms with van der Waals surface area (Å²) in [5, 5.41) is 13.3. The minimum absolute atomic E-state index is 0.0350. The summed E-state index contributed by atoms with van der Waals surface area (Å²) in [6.45, 7) is 0. The number of hydrogen-bond donors (Lipinski definition) is 0. The molecule has 0 aliphatic carbocycles. The molecule has 0 spiro atoms. The first kappa shape index (κ1) is 19.6. The third kappa shape index (κ3) is 3.56. The molecule has 0 heteroatoms. The largest absolute Gasteiger partial charge is 0.0629 e. The van der Waals surface area contributed by atoms with Gasteiger partial charge in [-0.15, -0.1) is 0 Å². The molecular formula is C42H26. The third-order valence-corrected chi connectivity index (χ3v) is 8.67. The van der Waals surface area contributed by atoms with Crippen LogP contribution < -0.4 is 0 Å². The van der Waals surface area contributed by atoms with Crippen molar-refractivity contribution >= 4 is 64.6 Å². The van der Waals surface area contributed by atoms with E-state index in [-0.39, 0.29) is 24.2 Å². The van der Waals surface area contributed by atoms with Gasteiger partial charge < -0.3 is 0 Å². The standard InChI is InChI=1S/C42H26/c1-3-9-35-29(7-1)18-22-40-38-21-19-31(24-33(38)20-23-39(35)40)27-12-14-30(15-13-27)37-11-5-8-32-25-42-34(26-41(32)37)17-16-28-6-2-4-10-36(28)42/h1-26H/i12D,13D,14D,15D. The molecule has 0 radical (unpaired) electrons. The normalized spacial score (nSPS) is 13.1. The zero-order valence-corrected chi connectivity index (χ0v) is 22.7. The Balaban J connectivity index is 1.22. The van der Waals surface area contributed by atoms with Crippen molar-refractivity contribution in [3.8, 4) is 22.3 Å². The molecule has 9 rings (SSSR count). The summed E-state index contributed by atoms with van der Waals surface area (Å²) < 4.78 is 36.6. The number of benzene rings is 9. The minimum atomic E-state index is -0.0362. The summed E-state index contributed by atoms with van der Waals surface area (Å²) in [7, 11) is 0. The third-order valence-electron chi connectivity index (χ3n) is 8.67. The maximum absolute atomic E-state index is 9.16. The Bertz CT molecular complexity index is 2710. The van der Waals surface area contributed by atoms with Crippen LogP contribution in [-0.4, -0.2) is 0 Å². The Labute approximate surface area is 249 Å². The number of rotatable bonds is 2. The van der Waals surface area contributed by atoms with Gasteiger partial charge in [-0.1, -0.05) is 139 Å². The topological polar surface area (TPSA) is 0 Å². The van der Waals surface area contributed by atoms with Gasteiger partial charge in [0, 0.05) is 0 Å². The van der Waals surface area contributed by atoms with Crippen LogP contribution >= 0.6 is 0 Å². The molecule has 0 atom stereocenters. The minimum Gasteiger partial charge on any atom is -0.0616 e. The van der Waals surface area contributed by atoms with Crippen LogP contribution in [0.15, 0.2) is 158 Å². The number of fused-ring (bicyclic) bond motifs is 9. The van der Waals surface area contributed by atoms with E-state index in [1.807, 2.05) is 48.5 Å². The summed E-state index contributed by atoms with van der Waals surface area (Å²) in [4.78, 5) is 0. The summed E-state index contributed by atoms with van der Waals surface area (Å²) in [6.07, 6.45) is 0. The van der Waals surface area contributed by atoms with Crippen LogP contribution in [0.4, 0.5) is 0 Å². The molecule has 0 aromatic heterocycles. The average molecular weight is 535 g/mol. The molecule has 9 aromatic carbocycles. The van der Waals surface area contributed by atoms with Gasteiger partial charge >= 0.3 is 0 Å². The molecular weight excluding hydrogens is 504 g/mol. The fraction of sp³-hybridized carbons (Fsp3) is 0. The lowest BCUT2D eigenvalue weighted by atomic mass is 9.92. The van der Waals surface area contributed by atoms with Crippen molar-refractivity contribution < 1.29 is 5.48 Å². The predicted octanol–water partition coefficient (Wildman–Crippen LogP) is 11.9. The van der Waals surface area contributed by atoms with E-state index in [0.717, 1.165) is 37.7 Å². The first-order valence-electron chi connectivity index (χ1n) is 16.3. The van der Waals surface area contributed by atoms with Crippen molar-refractivity contribution in [3.05, 3.63) is 158 Å². The average Bonchev–Trinajstić information content (AvgIpc) is 3.10. The van der Waals surface area contributed by atoms with E-state index in [0.29, 0.717) is 22.3 Å². The lowest BCUT2D eigenvalue weighted by Crippen LogP contribution is -1.85. The summed E-state index contributed by atoms with van der Waals surface area (Å²) in [5.74, 6) is 0. The van der Waals surface area contributed by atoms with Gasteiger partial charge in [-0.25, -0.2) is 0 Å². The zero-order valence-electron chi connectivity index (χ0n) is 26.7. The van der Waals surface area contributed by atoms with E-state index in [9.17, 15) is 0 Å². The van der Waals surface area contributed by atoms with Crippen molar-refractivity contribution in [2.75, 3.05) is 0 Å². The van der Waals surface area contributed by atoms with E-state index in [1.54, 1.807) is 0 Å². The van der Waals surface area contributed by atoms with Crippen molar-refractivity contribution in [3.63, 3.8) is 0 Å². The summed E-state index contributed by atoms with van der Waals surface area (Å²) in [6, 6.07) is 45.4. The fourth-order valence-electron chi connectivity index (χ4n) is 6.57. The molecule has 0 saturated heterocycles. The van der Waals surface area contributed by atoms with Gasteiger partial charge in [0.25, 0.3) is 0 Å². The maximum Gasteiger partial charge on any atom is 0.0629 e. The second-order valence-corrected chi connectivity index (χ2v) is 11.0. The van der Waals surface area contributed by atoms with Crippen molar-refractivity contribution in [1.29, 1.82) is 0 Å². The van der Waals surface area contributed by atoms with Gasteiger partial charge in [0.15, 0.2) is 0 Å². The highest BCUT2D eigenvalue weighted by molar-refractivity contribution is 6.18. The monoisotopic (exact) mass is 534 g/mol. The quantitative estimate of drug-likeness (QED) is 0.153. The van der Waals surface area contributed by atoms with Gasteiger partial charge in [0.05, 0.1) is 5.48 Å². The smallest absolute Gasteiger partial charge is 0.0616 e. The van der Waals surface area contributed by atoms with Crippen molar-refractivity contribution in [2.24, 2.45) is 0 Å². The SMILES string of the molecule is [2H]c1c([2H])c(-c2cccc3cc4c(ccc5ccccc54)cc23)c([2H])c([2H])c1-c1ccc2c(ccc3c4ccccc4ccc23)c1. The van der Waals surface area contributed by atoms with Gasteiger partial charge in [-0.2, -0.15) is 0 Å².